The third-order valence-electron chi connectivity index (χ3n) is 5.40. The van der Waals surface area contributed by atoms with Crippen molar-refractivity contribution in [1.82, 2.24) is 9.88 Å². The van der Waals surface area contributed by atoms with Crippen molar-refractivity contribution in [1.29, 1.82) is 0 Å². The zero-order chi connectivity index (χ0) is 22.8. The fraction of sp³-hybridized carbons (Fsp3) is 0.273. The summed E-state index contributed by atoms with van der Waals surface area (Å²) in [5.41, 5.74) is 8.79. The van der Waals surface area contributed by atoms with Gasteiger partial charge >= 0.3 is 0 Å². The Labute approximate surface area is 195 Å². The number of carbonyl (C=O) groups is 1. The molecule has 3 aromatic rings. The van der Waals surface area contributed by atoms with Gasteiger partial charge in [0, 0.05) is 50.2 Å². The fourth-order valence-electron chi connectivity index (χ4n) is 3.52. The molecule has 0 atom stereocenters. The molecule has 32 heavy (non-hydrogen) atoms. The second-order valence-electron chi connectivity index (χ2n) is 7.71. The van der Waals surface area contributed by atoms with Crippen molar-refractivity contribution in [3.8, 4) is 0 Å². The lowest BCUT2D eigenvalue weighted by Gasteiger charge is -2.34. The molecule has 0 spiro atoms. The minimum absolute atomic E-state index is 0.158. The summed E-state index contributed by atoms with van der Waals surface area (Å²) in [5, 5.41) is 14.7. The van der Waals surface area contributed by atoms with Gasteiger partial charge in [-0.1, -0.05) is 22.9 Å². The summed E-state index contributed by atoms with van der Waals surface area (Å²) in [6.07, 6.45) is 0. The van der Waals surface area contributed by atoms with E-state index in [1.165, 1.54) is 30.1 Å². The van der Waals surface area contributed by atoms with Gasteiger partial charge in [0.05, 0.1) is 10.7 Å². The Kier molecular flexibility index (Phi) is 6.52. The molecule has 10 heteroatoms. The third-order valence-corrected chi connectivity index (χ3v) is 6.71. The Morgan fingerprint density at radius 2 is 1.88 bits per heavy atom. The zero-order valence-corrected chi connectivity index (χ0v) is 19.5. The number of nitrogen functional groups attached to an aromatic ring is 1. The molecule has 0 unspecified atom stereocenters. The standard InChI is InChI=1S/C22H25ClN6O2S/c1-27-9-11-29(12-10-27)16-6-4-15(5-7-16)25-22-26-21(24)20(32-22)19(30)14-3-8-17(23)18(13-14)28(2)31/h3-8,13,31H,9-12,24H2,1-2H3,(H,25,26). The molecule has 8 nitrogen and oxygen atoms in total. The van der Waals surface area contributed by atoms with E-state index in [0.717, 1.165) is 36.9 Å². The van der Waals surface area contributed by atoms with Crippen molar-refractivity contribution in [2.24, 2.45) is 0 Å². The number of aromatic nitrogens is 1. The van der Waals surface area contributed by atoms with Crippen LogP contribution in [0.25, 0.3) is 0 Å². The molecular weight excluding hydrogens is 448 g/mol. The van der Waals surface area contributed by atoms with E-state index >= 15 is 0 Å². The van der Waals surface area contributed by atoms with Crippen LogP contribution in [0.5, 0.6) is 0 Å². The number of piperazine rings is 1. The zero-order valence-electron chi connectivity index (χ0n) is 17.9. The molecule has 0 aliphatic carbocycles. The van der Waals surface area contributed by atoms with E-state index in [4.69, 9.17) is 17.3 Å². The molecule has 0 radical (unpaired) electrons. The number of nitrogens with two attached hydrogens (primary N) is 1. The van der Waals surface area contributed by atoms with Crippen LogP contribution < -0.4 is 21.0 Å². The predicted octanol–water partition coefficient (Wildman–Crippen LogP) is 3.93. The highest BCUT2D eigenvalue weighted by Crippen LogP contribution is 2.32. The number of likely N-dealkylation sites (N-methyl/N-ethyl adjacent to an activating group) is 1. The van der Waals surface area contributed by atoms with Gasteiger partial charge < -0.3 is 20.9 Å². The van der Waals surface area contributed by atoms with Gasteiger partial charge in [0.2, 0.25) is 5.78 Å². The Bertz CT molecular complexity index is 1110. The van der Waals surface area contributed by atoms with Crippen LogP contribution in [0.4, 0.5) is 28.0 Å². The summed E-state index contributed by atoms with van der Waals surface area (Å²) in [5.74, 6) is -0.122. The van der Waals surface area contributed by atoms with Crippen LogP contribution in [-0.2, 0) is 0 Å². The number of nitrogens with zero attached hydrogens (tertiary/aromatic N) is 4. The second-order valence-corrected chi connectivity index (χ2v) is 9.12. The van der Waals surface area contributed by atoms with Gasteiger partial charge in [0.1, 0.15) is 10.7 Å². The van der Waals surface area contributed by atoms with Gasteiger partial charge in [0.15, 0.2) is 5.13 Å². The molecule has 168 valence electrons. The van der Waals surface area contributed by atoms with Crippen LogP contribution in [0.2, 0.25) is 5.02 Å². The first-order valence-corrected chi connectivity index (χ1v) is 11.3. The van der Waals surface area contributed by atoms with Crippen molar-refractivity contribution >= 4 is 56.7 Å². The molecule has 4 rings (SSSR count). The molecular formula is C22H25ClN6O2S. The van der Waals surface area contributed by atoms with E-state index in [0.29, 0.717) is 26.3 Å². The number of hydroxylamine groups is 1. The van der Waals surface area contributed by atoms with E-state index in [1.54, 1.807) is 12.1 Å². The molecule has 0 saturated carbocycles. The molecule has 2 heterocycles. The summed E-state index contributed by atoms with van der Waals surface area (Å²) in [6, 6.07) is 12.8. The molecule has 0 bridgehead atoms. The maximum absolute atomic E-state index is 13.0. The van der Waals surface area contributed by atoms with E-state index < -0.39 is 0 Å². The van der Waals surface area contributed by atoms with Crippen LogP contribution >= 0.6 is 22.9 Å². The lowest BCUT2D eigenvalue weighted by molar-refractivity contribution is 0.104. The smallest absolute Gasteiger partial charge is 0.206 e. The maximum Gasteiger partial charge on any atom is 0.206 e. The van der Waals surface area contributed by atoms with Crippen LogP contribution in [0.3, 0.4) is 0 Å². The lowest BCUT2D eigenvalue weighted by Crippen LogP contribution is -2.44. The number of halogens is 1. The summed E-state index contributed by atoms with van der Waals surface area (Å²) in [6.45, 7) is 4.13. The Morgan fingerprint density at radius 3 is 2.53 bits per heavy atom. The first kappa shape index (κ1) is 22.3. The number of anilines is 5. The molecule has 1 aromatic heterocycles. The van der Waals surface area contributed by atoms with E-state index in [2.05, 4.69) is 39.3 Å². The molecule has 1 saturated heterocycles. The number of carbonyl (C=O) groups excluding carboxylic acids is 1. The maximum atomic E-state index is 13.0. The quantitative estimate of drug-likeness (QED) is 0.366. The van der Waals surface area contributed by atoms with Gasteiger partial charge in [0.25, 0.3) is 0 Å². The van der Waals surface area contributed by atoms with Gasteiger partial charge in [-0.2, -0.15) is 0 Å². The van der Waals surface area contributed by atoms with E-state index in [9.17, 15) is 10.0 Å². The highest BCUT2D eigenvalue weighted by molar-refractivity contribution is 7.18. The fourth-order valence-corrected chi connectivity index (χ4v) is 4.63. The minimum Gasteiger partial charge on any atom is -0.382 e. The molecule has 2 aromatic carbocycles. The average molecular weight is 473 g/mol. The first-order chi connectivity index (χ1) is 15.3. The number of rotatable bonds is 6. The SMILES string of the molecule is CN1CCN(c2ccc(Nc3nc(N)c(C(=O)c4ccc(Cl)c(N(C)O)c4)s3)cc2)CC1. The highest BCUT2D eigenvalue weighted by atomic mass is 35.5. The number of ketones is 1. The monoisotopic (exact) mass is 472 g/mol. The van der Waals surface area contributed by atoms with Crippen LogP contribution in [0.1, 0.15) is 15.2 Å². The van der Waals surface area contributed by atoms with Crippen molar-refractivity contribution < 1.29 is 10.0 Å². The van der Waals surface area contributed by atoms with Crippen molar-refractivity contribution in [3.63, 3.8) is 0 Å². The minimum atomic E-state index is -0.279. The van der Waals surface area contributed by atoms with Crippen LogP contribution in [0.15, 0.2) is 42.5 Å². The lowest BCUT2D eigenvalue weighted by atomic mass is 10.1. The Morgan fingerprint density at radius 1 is 1.19 bits per heavy atom. The summed E-state index contributed by atoms with van der Waals surface area (Å²) >= 11 is 7.26. The molecule has 1 aliphatic rings. The topological polar surface area (TPSA) is 98.0 Å². The van der Waals surface area contributed by atoms with Crippen LogP contribution in [0, 0.1) is 0 Å². The van der Waals surface area contributed by atoms with Crippen molar-refractivity contribution in [3.05, 3.63) is 57.9 Å². The highest BCUT2D eigenvalue weighted by Gasteiger charge is 2.20. The summed E-state index contributed by atoms with van der Waals surface area (Å²) < 4.78 is 0. The summed E-state index contributed by atoms with van der Waals surface area (Å²) in [7, 11) is 3.58. The Hall–Kier alpha value is -2.85. The Balaban J connectivity index is 1.48. The predicted molar refractivity (Wildman–Crippen MR) is 131 cm³/mol. The van der Waals surface area contributed by atoms with Crippen molar-refractivity contribution in [2.45, 2.75) is 0 Å². The number of thiazole rings is 1. The van der Waals surface area contributed by atoms with E-state index in [-0.39, 0.29) is 11.6 Å². The normalized spacial score (nSPS) is 14.4. The van der Waals surface area contributed by atoms with E-state index in [1.807, 2.05) is 12.1 Å². The van der Waals surface area contributed by atoms with Gasteiger partial charge in [-0.05, 0) is 49.5 Å². The largest absolute Gasteiger partial charge is 0.382 e. The average Bonchev–Trinajstić information content (AvgIpc) is 3.14. The first-order valence-electron chi connectivity index (χ1n) is 10.2. The van der Waals surface area contributed by atoms with Crippen molar-refractivity contribution in [2.75, 3.05) is 61.3 Å². The number of benzene rings is 2. The number of nitrogens with one attached hydrogen (secondary N) is 1. The summed E-state index contributed by atoms with van der Waals surface area (Å²) in [4.78, 5) is 22.3. The van der Waals surface area contributed by atoms with Gasteiger partial charge in [-0.15, -0.1) is 0 Å². The molecule has 4 N–H and O–H groups in total. The molecule has 1 fully saturated rings. The number of hydrogen-bond acceptors (Lipinski definition) is 9. The van der Waals surface area contributed by atoms with Crippen LogP contribution in [-0.4, -0.2) is 61.1 Å². The molecule has 0 amide bonds. The second kappa shape index (κ2) is 9.33. The van der Waals surface area contributed by atoms with Gasteiger partial charge in [-0.25, -0.2) is 4.98 Å². The molecule has 1 aliphatic heterocycles. The number of hydrogen-bond donors (Lipinski definition) is 3. The third kappa shape index (κ3) is 4.81. The van der Waals surface area contributed by atoms with Gasteiger partial charge in [-0.3, -0.25) is 15.1 Å².